The number of rotatable bonds is 3. The highest BCUT2D eigenvalue weighted by Gasteiger charge is 2.11. The van der Waals surface area contributed by atoms with Crippen molar-refractivity contribution in [3.8, 4) is 11.4 Å². The smallest absolute Gasteiger partial charge is 0.182 e. The van der Waals surface area contributed by atoms with Crippen molar-refractivity contribution in [2.24, 2.45) is 0 Å². The van der Waals surface area contributed by atoms with Crippen LogP contribution in [0.4, 0.5) is 4.39 Å². The molecule has 0 atom stereocenters. The third-order valence-corrected chi connectivity index (χ3v) is 3.09. The van der Waals surface area contributed by atoms with E-state index in [2.05, 4.69) is 18.8 Å². The molecule has 0 bridgehead atoms. The third-order valence-electron chi connectivity index (χ3n) is 2.79. The van der Waals surface area contributed by atoms with E-state index in [0.717, 1.165) is 5.69 Å². The van der Waals surface area contributed by atoms with Crippen molar-refractivity contribution in [1.29, 1.82) is 0 Å². The van der Waals surface area contributed by atoms with Crippen LogP contribution in [0, 0.1) is 10.6 Å². The predicted molar refractivity (Wildman–Crippen MR) is 71.6 cm³/mol. The van der Waals surface area contributed by atoms with Crippen molar-refractivity contribution >= 4 is 12.2 Å². The molecule has 0 saturated heterocycles. The lowest BCUT2D eigenvalue weighted by atomic mass is 10.1. The van der Waals surface area contributed by atoms with E-state index < -0.39 is 5.82 Å². The normalized spacial score (nSPS) is 10.9. The molecule has 0 amide bonds. The molecule has 1 aromatic heterocycles. The number of aromatic amines is 1. The minimum absolute atomic E-state index is 0.229. The highest BCUT2D eigenvalue weighted by Crippen LogP contribution is 2.24. The monoisotopic (exact) mass is 266 g/mol. The standard InChI is InChI=1S/C13H15FN2OS/c1-8(2)11-7-15-13(18)16(11)9-4-5-12(17-3)10(14)6-9/h4-8H,1-3H3,(H,15,18). The summed E-state index contributed by atoms with van der Waals surface area (Å²) in [6.45, 7) is 4.13. The molecule has 0 aliphatic rings. The Morgan fingerprint density at radius 2 is 2.11 bits per heavy atom. The van der Waals surface area contributed by atoms with Crippen LogP contribution < -0.4 is 4.74 Å². The second kappa shape index (κ2) is 4.94. The molecule has 0 unspecified atom stereocenters. The largest absolute Gasteiger partial charge is 0.494 e. The van der Waals surface area contributed by atoms with E-state index in [4.69, 9.17) is 17.0 Å². The minimum atomic E-state index is -0.396. The number of aromatic nitrogens is 2. The fourth-order valence-corrected chi connectivity index (χ4v) is 2.14. The summed E-state index contributed by atoms with van der Waals surface area (Å²) in [6, 6.07) is 4.81. The van der Waals surface area contributed by atoms with Gasteiger partial charge in [0, 0.05) is 18.0 Å². The number of methoxy groups -OCH3 is 1. The van der Waals surface area contributed by atoms with Crippen molar-refractivity contribution in [1.82, 2.24) is 9.55 Å². The van der Waals surface area contributed by atoms with E-state index in [1.807, 2.05) is 10.8 Å². The van der Waals surface area contributed by atoms with Crippen LogP contribution in [0.15, 0.2) is 24.4 Å². The molecule has 0 aliphatic carbocycles. The molecule has 2 rings (SSSR count). The number of halogens is 1. The third kappa shape index (κ3) is 2.18. The zero-order valence-electron chi connectivity index (χ0n) is 10.5. The maximum absolute atomic E-state index is 13.7. The quantitative estimate of drug-likeness (QED) is 0.856. The summed E-state index contributed by atoms with van der Waals surface area (Å²) in [5, 5.41) is 0. The van der Waals surface area contributed by atoms with Crippen molar-refractivity contribution in [2.75, 3.05) is 7.11 Å². The molecule has 0 spiro atoms. The number of nitrogens with zero attached hydrogens (tertiary/aromatic N) is 1. The van der Waals surface area contributed by atoms with E-state index >= 15 is 0 Å². The van der Waals surface area contributed by atoms with Gasteiger partial charge >= 0.3 is 0 Å². The van der Waals surface area contributed by atoms with Gasteiger partial charge < -0.3 is 9.72 Å². The molecule has 0 fully saturated rings. The second-order valence-electron chi connectivity index (χ2n) is 4.33. The summed E-state index contributed by atoms with van der Waals surface area (Å²) in [5.74, 6) is 0.128. The lowest BCUT2D eigenvalue weighted by Crippen LogP contribution is -2.02. The van der Waals surface area contributed by atoms with Crippen LogP contribution in [-0.4, -0.2) is 16.7 Å². The van der Waals surface area contributed by atoms with Crippen LogP contribution in [0.2, 0.25) is 0 Å². The Morgan fingerprint density at radius 3 is 2.67 bits per heavy atom. The number of H-pyrrole nitrogens is 1. The van der Waals surface area contributed by atoms with Gasteiger partial charge in [0.1, 0.15) is 0 Å². The van der Waals surface area contributed by atoms with Crippen LogP contribution in [0.3, 0.4) is 0 Å². The summed E-state index contributed by atoms with van der Waals surface area (Å²) in [5.41, 5.74) is 1.72. The number of hydrogen-bond acceptors (Lipinski definition) is 2. The molecule has 0 radical (unpaired) electrons. The van der Waals surface area contributed by atoms with Crippen LogP contribution in [-0.2, 0) is 0 Å². The van der Waals surface area contributed by atoms with Gasteiger partial charge in [0.05, 0.1) is 12.8 Å². The van der Waals surface area contributed by atoms with Crippen LogP contribution in [0.25, 0.3) is 5.69 Å². The first-order valence-electron chi connectivity index (χ1n) is 5.69. The molecule has 96 valence electrons. The Hall–Kier alpha value is -1.62. The van der Waals surface area contributed by atoms with Gasteiger partial charge in [-0.1, -0.05) is 13.8 Å². The SMILES string of the molecule is COc1ccc(-n2c(C(C)C)c[nH]c2=S)cc1F. The first-order chi connectivity index (χ1) is 8.54. The van der Waals surface area contributed by atoms with Crippen LogP contribution >= 0.6 is 12.2 Å². The first kappa shape index (κ1) is 12.8. The lowest BCUT2D eigenvalue weighted by Gasteiger charge is -2.12. The Morgan fingerprint density at radius 1 is 1.39 bits per heavy atom. The minimum Gasteiger partial charge on any atom is -0.494 e. The van der Waals surface area contributed by atoms with E-state index in [9.17, 15) is 4.39 Å². The Labute approximate surface area is 110 Å². The van der Waals surface area contributed by atoms with E-state index in [0.29, 0.717) is 16.4 Å². The first-order valence-corrected chi connectivity index (χ1v) is 6.09. The average Bonchev–Trinajstić information content (AvgIpc) is 2.71. The molecule has 1 heterocycles. The highest BCUT2D eigenvalue weighted by molar-refractivity contribution is 7.71. The van der Waals surface area contributed by atoms with Crippen molar-refractivity contribution in [3.63, 3.8) is 0 Å². The average molecular weight is 266 g/mol. The zero-order valence-corrected chi connectivity index (χ0v) is 11.3. The summed E-state index contributed by atoms with van der Waals surface area (Å²) in [4.78, 5) is 2.99. The lowest BCUT2D eigenvalue weighted by molar-refractivity contribution is 0.386. The second-order valence-corrected chi connectivity index (χ2v) is 4.71. The van der Waals surface area contributed by atoms with Gasteiger partial charge in [-0.25, -0.2) is 4.39 Å². The fraction of sp³-hybridized carbons (Fsp3) is 0.308. The van der Waals surface area contributed by atoms with E-state index in [1.165, 1.54) is 13.2 Å². The van der Waals surface area contributed by atoms with Gasteiger partial charge in [0.15, 0.2) is 16.3 Å². The van der Waals surface area contributed by atoms with E-state index in [1.54, 1.807) is 12.1 Å². The molecule has 5 heteroatoms. The number of benzene rings is 1. The number of imidazole rings is 1. The Bertz CT molecular complexity index is 616. The maximum atomic E-state index is 13.7. The fourth-order valence-electron chi connectivity index (χ4n) is 1.87. The van der Waals surface area contributed by atoms with Crippen molar-refractivity contribution in [3.05, 3.63) is 40.7 Å². The van der Waals surface area contributed by atoms with Crippen molar-refractivity contribution < 1.29 is 9.13 Å². The van der Waals surface area contributed by atoms with E-state index in [-0.39, 0.29) is 5.75 Å². The van der Waals surface area contributed by atoms with Gasteiger partial charge in [0.2, 0.25) is 0 Å². The van der Waals surface area contributed by atoms with Gasteiger partial charge in [-0.2, -0.15) is 0 Å². The molecular weight excluding hydrogens is 251 g/mol. The molecule has 0 saturated carbocycles. The molecular formula is C13H15FN2OS. The molecule has 0 aliphatic heterocycles. The Balaban J connectivity index is 2.59. The van der Waals surface area contributed by atoms with Crippen molar-refractivity contribution in [2.45, 2.75) is 19.8 Å². The molecule has 1 aromatic carbocycles. The molecule has 2 aromatic rings. The van der Waals surface area contributed by atoms with Crippen LogP contribution in [0.5, 0.6) is 5.75 Å². The highest BCUT2D eigenvalue weighted by atomic mass is 32.1. The van der Waals surface area contributed by atoms with Gasteiger partial charge in [-0.05, 0) is 30.3 Å². The number of ether oxygens (including phenoxy) is 1. The maximum Gasteiger partial charge on any atom is 0.182 e. The summed E-state index contributed by atoms with van der Waals surface area (Å²) >= 11 is 5.23. The van der Waals surface area contributed by atoms with Gasteiger partial charge in [-0.15, -0.1) is 0 Å². The summed E-state index contributed by atoms with van der Waals surface area (Å²) in [6.07, 6.45) is 1.86. The van der Waals surface area contributed by atoms with Gasteiger partial charge in [0.25, 0.3) is 0 Å². The van der Waals surface area contributed by atoms with Crippen LogP contribution in [0.1, 0.15) is 25.5 Å². The molecule has 1 N–H and O–H groups in total. The topological polar surface area (TPSA) is 29.9 Å². The number of nitrogens with one attached hydrogen (secondary N) is 1. The van der Waals surface area contributed by atoms with Gasteiger partial charge in [-0.3, -0.25) is 4.57 Å². The zero-order chi connectivity index (χ0) is 13.3. The summed E-state index contributed by atoms with van der Waals surface area (Å²) < 4.78 is 21.0. The molecule has 18 heavy (non-hydrogen) atoms. The summed E-state index contributed by atoms with van der Waals surface area (Å²) in [7, 11) is 1.44. The number of hydrogen-bond donors (Lipinski definition) is 1. The molecule has 3 nitrogen and oxygen atoms in total. The predicted octanol–water partition coefficient (Wildman–Crippen LogP) is 3.81. The Kier molecular flexibility index (Phi) is 3.52.